The van der Waals surface area contributed by atoms with Gasteiger partial charge in [-0.1, -0.05) is 6.07 Å². The standard InChI is InChI=1S/C14H10F2N2S/c1-8-2-4-10(16)12(6-8)18-13-7-9(15)3-5-11(13)17-14(18)19/h2-7H,1H3,(H,17,19). The molecule has 3 aromatic rings. The van der Waals surface area contributed by atoms with Crippen molar-refractivity contribution in [3.05, 3.63) is 58.4 Å². The fourth-order valence-electron chi connectivity index (χ4n) is 2.11. The molecule has 0 radical (unpaired) electrons. The van der Waals surface area contributed by atoms with E-state index in [-0.39, 0.29) is 5.82 Å². The van der Waals surface area contributed by atoms with E-state index in [1.54, 1.807) is 18.2 Å². The van der Waals surface area contributed by atoms with Crippen LogP contribution in [0, 0.1) is 23.3 Å². The first-order valence-electron chi connectivity index (χ1n) is 5.73. The van der Waals surface area contributed by atoms with Gasteiger partial charge in [0, 0.05) is 6.07 Å². The molecule has 0 atom stereocenters. The van der Waals surface area contributed by atoms with Gasteiger partial charge in [-0.25, -0.2) is 8.78 Å². The number of aromatic nitrogens is 2. The molecule has 0 bridgehead atoms. The van der Waals surface area contributed by atoms with Gasteiger partial charge in [-0.05, 0) is 49.0 Å². The third kappa shape index (κ3) is 1.96. The van der Waals surface area contributed by atoms with Gasteiger partial charge in [0.05, 0.1) is 16.7 Å². The number of halogens is 2. The van der Waals surface area contributed by atoms with Crippen molar-refractivity contribution in [2.45, 2.75) is 6.92 Å². The molecule has 19 heavy (non-hydrogen) atoms. The number of rotatable bonds is 1. The van der Waals surface area contributed by atoms with Crippen molar-refractivity contribution >= 4 is 23.3 Å². The van der Waals surface area contributed by atoms with Crippen LogP contribution >= 0.6 is 12.2 Å². The molecule has 0 fully saturated rings. The molecule has 0 aliphatic rings. The number of hydrogen-bond donors (Lipinski definition) is 1. The first kappa shape index (κ1) is 12.0. The number of benzene rings is 2. The zero-order valence-electron chi connectivity index (χ0n) is 10.1. The Morgan fingerprint density at radius 1 is 1.11 bits per heavy atom. The van der Waals surface area contributed by atoms with Crippen LogP contribution in [-0.2, 0) is 0 Å². The summed E-state index contributed by atoms with van der Waals surface area (Å²) in [6, 6.07) is 9.00. The maximum absolute atomic E-state index is 14.0. The van der Waals surface area contributed by atoms with Crippen LogP contribution in [0.4, 0.5) is 8.78 Å². The molecule has 0 aliphatic heterocycles. The minimum Gasteiger partial charge on any atom is -0.330 e. The summed E-state index contributed by atoms with van der Waals surface area (Å²) in [7, 11) is 0. The van der Waals surface area contributed by atoms with Gasteiger partial charge in [-0.2, -0.15) is 0 Å². The number of hydrogen-bond acceptors (Lipinski definition) is 1. The molecule has 0 amide bonds. The normalized spacial score (nSPS) is 11.1. The zero-order valence-corrected chi connectivity index (χ0v) is 10.9. The third-order valence-corrected chi connectivity index (χ3v) is 3.27. The molecule has 0 unspecified atom stereocenters. The van der Waals surface area contributed by atoms with Crippen molar-refractivity contribution in [2.75, 3.05) is 0 Å². The Morgan fingerprint density at radius 2 is 1.89 bits per heavy atom. The molecule has 2 aromatic carbocycles. The van der Waals surface area contributed by atoms with Crippen molar-refractivity contribution in [1.82, 2.24) is 9.55 Å². The second-order valence-corrected chi connectivity index (χ2v) is 4.77. The van der Waals surface area contributed by atoms with E-state index in [4.69, 9.17) is 12.2 Å². The van der Waals surface area contributed by atoms with Gasteiger partial charge in [0.2, 0.25) is 0 Å². The summed E-state index contributed by atoms with van der Waals surface area (Å²) in [6.45, 7) is 1.86. The molecule has 0 saturated carbocycles. The van der Waals surface area contributed by atoms with E-state index >= 15 is 0 Å². The van der Waals surface area contributed by atoms with Crippen LogP contribution in [-0.4, -0.2) is 9.55 Å². The SMILES string of the molecule is Cc1ccc(F)c(-n2c(=S)[nH]c3ccc(F)cc32)c1. The first-order valence-corrected chi connectivity index (χ1v) is 6.14. The van der Waals surface area contributed by atoms with E-state index in [0.29, 0.717) is 21.5 Å². The molecule has 96 valence electrons. The fourth-order valence-corrected chi connectivity index (χ4v) is 2.42. The average Bonchev–Trinajstić information content (AvgIpc) is 2.68. The number of imidazole rings is 1. The quantitative estimate of drug-likeness (QED) is 0.658. The highest BCUT2D eigenvalue weighted by molar-refractivity contribution is 7.71. The van der Waals surface area contributed by atoms with Crippen molar-refractivity contribution in [3.63, 3.8) is 0 Å². The Hall–Kier alpha value is -2.01. The van der Waals surface area contributed by atoms with Crippen molar-refractivity contribution < 1.29 is 8.78 Å². The van der Waals surface area contributed by atoms with E-state index < -0.39 is 5.82 Å². The van der Waals surface area contributed by atoms with Gasteiger partial charge in [-0.3, -0.25) is 4.57 Å². The Labute approximate surface area is 113 Å². The molecule has 1 heterocycles. The Bertz CT molecular complexity index is 833. The zero-order chi connectivity index (χ0) is 13.6. The monoisotopic (exact) mass is 276 g/mol. The van der Waals surface area contributed by atoms with E-state index in [2.05, 4.69) is 4.98 Å². The minimum absolute atomic E-state index is 0.321. The predicted octanol–water partition coefficient (Wildman–Crippen LogP) is 4.27. The predicted molar refractivity (Wildman–Crippen MR) is 73.1 cm³/mol. The smallest absolute Gasteiger partial charge is 0.182 e. The van der Waals surface area contributed by atoms with Crippen LogP contribution in [0.3, 0.4) is 0 Å². The molecular weight excluding hydrogens is 266 g/mol. The molecule has 0 aliphatic carbocycles. The summed E-state index contributed by atoms with van der Waals surface area (Å²) in [5.74, 6) is -0.782. The van der Waals surface area contributed by atoms with Crippen LogP contribution < -0.4 is 0 Å². The molecule has 0 saturated heterocycles. The molecule has 1 aromatic heterocycles. The van der Waals surface area contributed by atoms with Crippen LogP contribution in [0.2, 0.25) is 0 Å². The number of H-pyrrole nitrogens is 1. The van der Waals surface area contributed by atoms with Crippen LogP contribution in [0.25, 0.3) is 16.7 Å². The number of aryl methyl sites for hydroxylation is 1. The molecule has 0 spiro atoms. The lowest BCUT2D eigenvalue weighted by Gasteiger charge is -2.07. The Kier molecular flexibility index (Phi) is 2.71. The Morgan fingerprint density at radius 3 is 2.68 bits per heavy atom. The van der Waals surface area contributed by atoms with Gasteiger partial charge in [0.25, 0.3) is 0 Å². The van der Waals surface area contributed by atoms with E-state index in [1.807, 2.05) is 6.92 Å². The van der Waals surface area contributed by atoms with Gasteiger partial charge in [0.1, 0.15) is 11.6 Å². The summed E-state index contributed by atoms with van der Waals surface area (Å²) in [4.78, 5) is 2.94. The lowest BCUT2D eigenvalue weighted by atomic mass is 10.2. The molecule has 1 N–H and O–H groups in total. The van der Waals surface area contributed by atoms with Gasteiger partial charge in [0.15, 0.2) is 4.77 Å². The number of nitrogens with one attached hydrogen (secondary N) is 1. The molecule has 2 nitrogen and oxygen atoms in total. The first-order chi connectivity index (χ1) is 9.06. The van der Waals surface area contributed by atoms with Crippen molar-refractivity contribution in [3.8, 4) is 5.69 Å². The van der Waals surface area contributed by atoms with Crippen LogP contribution in [0.15, 0.2) is 36.4 Å². The highest BCUT2D eigenvalue weighted by Gasteiger charge is 2.11. The van der Waals surface area contributed by atoms with E-state index in [1.165, 1.54) is 22.8 Å². The maximum Gasteiger partial charge on any atom is 0.182 e. The molecule has 3 rings (SSSR count). The average molecular weight is 276 g/mol. The highest BCUT2D eigenvalue weighted by Crippen LogP contribution is 2.23. The van der Waals surface area contributed by atoms with Crippen molar-refractivity contribution in [1.29, 1.82) is 0 Å². The van der Waals surface area contributed by atoms with Crippen LogP contribution in [0.5, 0.6) is 0 Å². The lowest BCUT2D eigenvalue weighted by molar-refractivity contribution is 0.617. The lowest BCUT2D eigenvalue weighted by Crippen LogP contribution is -1.98. The molecule has 5 heteroatoms. The maximum atomic E-state index is 14.0. The number of aromatic amines is 1. The topological polar surface area (TPSA) is 20.7 Å². The summed E-state index contributed by atoms with van der Waals surface area (Å²) in [5, 5.41) is 0. The third-order valence-electron chi connectivity index (χ3n) is 2.99. The Balaban J connectivity index is 2.42. The van der Waals surface area contributed by atoms with Gasteiger partial charge < -0.3 is 4.98 Å². The number of fused-ring (bicyclic) bond motifs is 1. The van der Waals surface area contributed by atoms with Gasteiger partial charge in [-0.15, -0.1) is 0 Å². The number of nitrogens with zero attached hydrogens (tertiary/aromatic N) is 1. The van der Waals surface area contributed by atoms with E-state index in [9.17, 15) is 8.78 Å². The van der Waals surface area contributed by atoms with Crippen molar-refractivity contribution in [2.24, 2.45) is 0 Å². The fraction of sp³-hybridized carbons (Fsp3) is 0.0714. The summed E-state index contributed by atoms with van der Waals surface area (Å²) >= 11 is 5.20. The summed E-state index contributed by atoms with van der Waals surface area (Å²) in [6.07, 6.45) is 0. The second kappa shape index (κ2) is 4.28. The minimum atomic E-state index is -0.396. The summed E-state index contributed by atoms with van der Waals surface area (Å²) < 4.78 is 29.2. The van der Waals surface area contributed by atoms with Gasteiger partial charge >= 0.3 is 0 Å². The highest BCUT2D eigenvalue weighted by atomic mass is 32.1. The molecular formula is C14H10F2N2S. The largest absolute Gasteiger partial charge is 0.330 e. The van der Waals surface area contributed by atoms with Crippen LogP contribution in [0.1, 0.15) is 5.56 Å². The van der Waals surface area contributed by atoms with E-state index in [0.717, 1.165) is 5.56 Å². The second-order valence-electron chi connectivity index (χ2n) is 4.38. The summed E-state index contributed by atoms with van der Waals surface area (Å²) in [5.41, 5.74) is 2.42.